The van der Waals surface area contributed by atoms with Gasteiger partial charge in [-0.2, -0.15) is 0 Å². The van der Waals surface area contributed by atoms with E-state index in [0.29, 0.717) is 0 Å². The third-order valence-corrected chi connectivity index (χ3v) is 3.68. The molecule has 2 aromatic carbocycles. The van der Waals surface area contributed by atoms with E-state index in [4.69, 9.17) is 4.74 Å². The Morgan fingerprint density at radius 2 is 2.05 bits per heavy atom. The molecular formula is C17H14N2O. The molecule has 0 saturated carbocycles. The minimum Gasteiger partial charge on any atom is -0.493 e. The Labute approximate surface area is 117 Å². The Kier molecular flexibility index (Phi) is 2.46. The van der Waals surface area contributed by atoms with Crippen molar-refractivity contribution in [2.75, 3.05) is 6.61 Å². The summed E-state index contributed by atoms with van der Waals surface area (Å²) in [6.45, 7) is 2.85. The molecule has 0 fully saturated rings. The van der Waals surface area contributed by atoms with Gasteiger partial charge in [0.05, 0.1) is 12.1 Å². The van der Waals surface area contributed by atoms with E-state index in [1.807, 2.05) is 24.4 Å². The summed E-state index contributed by atoms with van der Waals surface area (Å²) in [4.78, 5) is 9.15. The molecule has 0 saturated heterocycles. The molecular weight excluding hydrogens is 248 g/mol. The highest BCUT2D eigenvalue weighted by Gasteiger charge is 2.13. The van der Waals surface area contributed by atoms with E-state index in [9.17, 15) is 0 Å². The molecule has 0 atom stereocenters. The van der Waals surface area contributed by atoms with Crippen LogP contribution in [0.4, 0.5) is 0 Å². The lowest BCUT2D eigenvalue weighted by Gasteiger charge is -2.05. The zero-order valence-corrected chi connectivity index (χ0v) is 11.3. The van der Waals surface area contributed by atoms with Crippen molar-refractivity contribution in [3.05, 3.63) is 53.7 Å². The van der Waals surface area contributed by atoms with Gasteiger partial charge in [-0.1, -0.05) is 11.6 Å². The van der Waals surface area contributed by atoms with Crippen molar-refractivity contribution in [1.82, 2.24) is 9.97 Å². The molecule has 0 amide bonds. The first-order valence-electron chi connectivity index (χ1n) is 6.79. The Bertz CT molecular complexity index is 811. The Balaban J connectivity index is 1.83. The van der Waals surface area contributed by atoms with E-state index in [2.05, 4.69) is 35.1 Å². The van der Waals surface area contributed by atoms with Crippen LogP contribution in [0.3, 0.4) is 0 Å². The monoisotopic (exact) mass is 262 g/mol. The summed E-state index contributed by atoms with van der Waals surface area (Å²) in [5.41, 5.74) is 4.51. The average Bonchev–Trinajstić information content (AvgIpc) is 2.94. The number of benzene rings is 2. The van der Waals surface area contributed by atoms with Crippen LogP contribution >= 0.6 is 0 Å². The quantitative estimate of drug-likeness (QED) is 0.672. The molecule has 0 aliphatic carbocycles. The van der Waals surface area contributed by atoms with Gasteiger partial charge in [0.15, 0.2) is 5.82 Å². The summed E-state index contributed by atoms with van der Waals surface area (Å²) in [5.74, 6) is 1.77. The minimum atomic E-state index is 0.774. The largest absolute Gasteiger partial charge is 0.493 e. The third kappa shape index (κ3) is 1.83. The predicted molar refractivity (Wildman–Crippen MR) is 78.9 cm³/mol. The number of hydrogen-bond acceptors (Lipinski definition) is 3. The van der Waals surface area contributed by atoms with Gasteiger partial charge in [-0.25, -0.2) is 9.97 Å². The summed E-state index contributed by atoms with van der Waals surface area (Å²) in [6.07, 6.45) is 2.87. The fourth-order valence-corrected chi connectivity index (χ4v) is 2.62. The van der Waals surface area contributed by atoms with Crippen molar-refractivity contribution < 1.29 is 4.74 Å². The van der Waals surface area contributed by atoms with Crippen LogP contribution in [0.1, 0.15) is 11.1 Å². The highest BCUT2D eigenvalue weighted by molar-refractivity contribution is 5.80. The molecule has 4 rings (SSSR count). The fraction of sp³-hybridized carbons (Fsp3) is 0.176. The normalized spacial score (nSPS) is 13.2. The van der Waals surface area contributed by atoms with Gasteiger partial charge < -0.3 is 4.74 Å². The van der Waals surface area contributed by atoms with Gasteiger partial charge in [0.2, 0.25) is 0 Å². The van der Waals surface area contributed by atoms with Gasteiger partial charge in [0.1, 0.15) is 5.75 Å². The maximum absolute atomic E-state index is 5.53. The highest BCUT2D eigenvalue weighted by Crippen LogP contribution is 2.29. The van der Waals surface area contributed by atoms with E-state index >= 15 is 0 Å². The predicted octanol–water partition coefficient (Wildman–Crippen LogP) is 3.54. The Hall–Kier alpha value is -2.42. The van der Waals surface area contributed by atoms with Crippen LogP contribution in [0.2, 0.25) is 0 Å². The summed E-state index contributed by atoms with van der Waals surface area (Å²) in [6, 6.07) is 12.4. The van der Waals surface area contributed by atoms with Gasteiger partial charge in [-0.3, -0.25) is 0 Å². The van der Waals surface area contributed by atoms with Gasteiger partial charge in [-0.05, 0) is 42.8 Å². The second-order valence-corrected chi connectivity index (χ2v) is 5.18. The second-order valence-electron chi connectivity index (χ2n) is 5.18. The van der Waals surface area contributed by atoms with E-state index in [-0.39, 0.29) is 0 Å². The molecule has 0 spiro atoms. The van der Waals surface area contributed by atoms with Gasteiger partial charge in [0.25, 0.3) is 0 Å². The molecule has 3 aromatic rings. The molecule has 0 unspecified atom stereocenters. The molecule has 20 heavy (non-hydrogen) atoms. The average molecular weight is 262 g/mol. The van der Waals surface area contributed by atoms with Gasteiger partial charge >= 0.3 is 0 Å². The van der Waals surface area contributed by atoms with Crippen LogP contribution in [0.15, 0.2) is 42.6 Å². The molecule has 0 bridgehead atoms. The summed E-state index contributed by atoms with van der Waals surface area (Å²) >= 11 is 0. The SMILES string of the molecule is Cc1ccc2nc(-c3ccc4c(c3)CCO4)ncc2c1. The van der Waals surface area contributed by atoms with Gasteiger partial charge in [0, 0.05) is 23.6 Å². The molecule has 1 aliphatic rings. The Morgan fingerprint density at radius 3 is 3.00 bits per heavy atom. The maximum Gasteiger partial charge on any atom is 0.159 e. The van der Waals surface area contributed by atoms with Crippen molar-refractivity contribution in [3.63, 3.8) is 0 Å². The van der Waals surface area contributed by atoms with Crippen LogP contribution in [0.5, 0.6) is 5.75 Å². The molecule has 98 valence electrons. The van der Waals surface area contributed by atoms with Crippen LogP contribution in [0.25, 0.3) is 22.3 Å². The van der Waals surface area contributed by atoms with E-state index in [0.717, 1.165) is 41.1 Å². The first-order chi connectivity index (χ1) is 9.79. The third-order valence-electron chi connectivity index (χ3n) is 3.68. The maximum atomic E-state index is 5.53. The molecule has 1 aliphatic heterocycles. The lowest BCUT2D eigenvalue weighted by Crippen LogP contribution is -1.91. The minimum absolute atomic E-state index is 0.774. The summed E-state index contributed by atoms with van der Waals surface area (Å²) < 4.78 is 5.53. The lowest BCUT2D eigenvalue weighted by atomic mass is 10.1. The van der Waals surface area contributed by atoms with E-state index in [1.54, 1.807) is 0 Å². The number of aromatic nitrogens is 2. The van der Waals surface area contributed by atoms with E-state index in [1.165, 1.54) is 11.1 Å². The van der Waals surface area contributed by atoms with Gasteiger partial charge in [-0.15, -0.1) is 0 Å². The zero-order valence-electron chi connectivity index (χ0n) is 11.3. The molecule has 1 aromatic heterocycles. The molecule has 2 heterocycles. The van der Waals surface area contributed by atoms with Crippen molar-refractivity contribution in [2.24, 2.45) is 0 Å². The smallest absolute Gasteiger partial charge is 0.159 e. The van der Waals surface area contributed by atoms with Crippen LogP contribution in [0, 0.1) is 6.92 Å². The summed E-state index contributed by atoms with van der Waals surface area (Å²) in [7, 11) is 0. The second kappa shape index (κ2) is 4.30. The number of aryl methyl sites for hydroxylation is 1. The first-order valence-corrected chi connectivity index (χ1v) is 6.79. The van der Waals surface area contributed by atoms with E-state index < -0.39 is 0 Å². The molecule has 3 nitrogen and oxygen atoms in total. The first kappa shape index (κ1) is 11.4. The lowest BCUT2D eigenvalue weighted by molar-refractivity contribution is 0.357. The fourth-order valence-electron chi connectivity index (χ4n) is 2.62. The van der Waals surface area contributed by atoms with Crippen molar-refractivity contribution in [2.45, 2.75) is 13.3 Å². The van der Waals surface area contributed by atoms with Crippen LogP contribution in [-0.4, -0.2) is 16.6 Å². The number of fused-ring (bicyclic) bond motifs is 2. The topological polar surface area (TPSA) is 35.0 Å². The van der Waals surface area contributed by atoms with Crippen LogP contribution < -0.4 is 4.74 Å². The van der Waals surface area contributed by atoms with Crippen LogP contribution in [-0.2, 0) is 6.42 Å². The number of nitrogens with zero attached hydrogens (tertiary/aromatic N) is 2. The number of rotatable bonds is 1. The van der Waals surface area contributed by atoms with Crippen molar-refractivity contribution >= 4 is 10.9 Å². The molecule has 3 heteroatoms. The van der Waals surface area contributed by atoms with Crippen molar-refractivity contribution in [1.29, 1.82) is 0 Å². The number of ether oxygens (including phenoxy) is 1. The summed E-state index contributed by atoms with van der Waals surface area (Å²) in [5, 5.41) is 1.08. The Morgan fingerprint density at radius 1 is 1.10 bits per heavy atom. The number of hydrogen-bond donors (Lipinski definition) is 0. The standard InChI is InChI=1S/C17H14N2O/c1-11-2-4-15-14(8-11)10-18-17(19-15)13-3-5-16-12(9-13)6-7-20-16/h2-5,8-10H,6-7H2,1H3. The molecule has 0 radical (unpaired) electrons. The highest BCUT2D eigenvalue weighted by atomic mass is 16.5. The molecule has 0 N–H and O–H groups in total. The van der Waals surface area contributed by atoms with Crippen molar-refractivity contribution in [3.8, 4) is 17.1 Å². The zero-order chi connectivity index (χ0) is 13.5.